The molecule has 2 aromatic heterocycles. The highest BCUT2D eigenvalue weighted by atomic mass is 19.1. The molecule has 2 fully saturated rings. The summed E-state index contributed by atoms with van der Waals surface area (Å²) >= 11 is 0. The van der Waals surface area contributed by atoms with Crippen molar-refractivity contribution < 1.29 is 23.4 Å². The van der Waals surface area contributed by atoms with Gasteiger partial charge in [-0.1, -0.05) is 0 Å². The molecule has 0 spiro atoms. The Kier molecular flexibility index (Phi) is 5.46. The van der Waals surface area contributed by atoms with E-state index in [4.69, 9.17) is 19.2 Å². The molecule has 0 bridgehead atoms. The van der Waals surface area contributed by atoms with Gasteiger partial charge in [0, 0.05) is 38.7 Å². The molecule has 188 valence electrons. The van der Waals surface area contributed by atoms with Crippen molar-refractivity contribution in [3.63, 3.8) is 0 Å². The molecule has 4 heterocycles. The Hall–Kier alpha value is -3.82. The maximum absolute atomic E-state index is 14.6. The molecule has 3 aromatic rings. The fourth-order valence-electron chi connectivity index (χ4n) is 4.71. The highest BCUT2D eigenvalue weighted by Gasteiger charge is 2.31. The summed E-state index contributed by atoms with van der Waals surface area (Å²) in [6.07, 6.45) is 8.68. The van der Waals surface area contributed by atoms with E-state index in [1.54, 1.807) is 23.0 Å². The molecule has 0 unspecified atom stereocenters. The smallest absolute Gasteiger partial charge is 0.256 e. The summed E-state index contributed by atoms with van der Waals surface area (Å²) in [6, 6.07) is 6.82. The van der Waals surface area contributed by atoms with Crippen LogP contribution >= 0.6 is 0 Å². The lowest BCUT2D eigenvalue weighted by Crippen LogP contribution is -2.26. The second-order valence-electron chi connectivity index (χ2n) is 9.92. The Bertz CT molecular complexity index is 1350. The predicted octanol–water partition coefficient (Wildman–Crippen LogP) is 4.11. The number of aromatic nitrogens is 3. The Morgan fingerprint density at radius 3 is 2.92 bits per heavy atom. The van der Waals surface area contributed by atoms with Crippen molar-refractivity contribution in [1.29, 1.82) is 0 Å². The van der Waals surface area contributed by atoms with Gasteiger partial charge < -0.3 is 24.4 Å². The quantitative estimate of drug-likeness (QED) is 0.530. The number of nitrogens with zero attached hydrogens (tertiary/aromatic N) is 4. The number of rotatable bonds is 7. The summed E-state index contributed by atoms with van der Waals surface area (Å²) in [5, 5.41) is 7.28. The number of amides is 1. The monoisotopic (exact) mass is 493 g/mol. The number of carbonyl (C=O) groups is 1. The number of anilines is 1. The van der Waals surface area contributed by atoms with Gasteiger partial charge >= 0.3 is 0 Å². The number of ether oxygens (including phenoxy) is 3. The fourth-order valence-corrected chi connectivity index (χ4v) is 4.71. The van der Waals surface area contributed by atoms with Crippen molar-refractivity contribution in [1.82, 2.24) is 19.9 Å². The van der Waals surface area contributed by atoms with Crippen molar-refractivity contribution in [2.75, 3.05) is 18.1 Å². The second kappa shape index (κ2) is 8.69. The number of nitrogens with one attached hydrogen (secondary N) is 1. The molecule has 1 amide bonds. The number of carbonyl (C=O) groups excluding carboxylic acids is 1. The van der Waals surface area contributed by atoms with E-state index in [0.717, 1.165) is 43.6 Å². The Morgan fingerprint density at radius 2 is 2.14 bits per heavy atom. The average molecular weight is 494 g/mol. The molecular weight excluding hydrogens is 465 g/mol. The maximum atomic E-state index is 14.6. The molecule has 2 aliphatic heterocycles. The summed E-state index contributed by atoms with van der Waals surface area (Å²) in [4.78, 5) is 19.6. The first-order chi connectivity index (χ1) is 17.3. The first-order valence-electron chi connectivity index (χ1n) is 12.3. The molecule has 0 radical (unpaired) electrons. The minimum atomic E-state index is -0.724. The minimum absolute atomic E-state index is 0.0751. The normalized spacial score (nSPS) is 20.7. The zero-order valence-electron chi connectivity index (χ0n) is 20.2. The Balaban J connectivity index is 1.23. The van der Waals surface area contributed by atoms with Gasteiger partial charge in [0.25, 0.3) is 5.91 Å². The standard InChI is InChI=1S/C26H28FN5O4/c1-26(2)35-15-20(36-26)14-34-19-11-16(10-17(27)12-19)22-4-3-8-31(22)23-7-9-32-24(30-23)21(13-28-32)25(33)29-18-5-6-18/h7,9-13,15,18,22H,3-6,8,14H2,1-2H3,(H,29,33)/t22-/m1/s1. The van der Waals surface area contributed by atoms with Gasteiger partial charge in [0.15, 0.2) is 11.4 Å². The summed E-state index contributed by atoms with van der Waals surface area (Å²) in [6.45, 7) is 4.53. The van der Waals surface area contributed by atoms with Crippen LogP contribution in [-0.2, 0) is 9.47 Å². The van der Waals surface area contributed by atoms with Crippen LogP contribution in [0.4, 0.5) is 10.2 Å². The van der Waals surface area contributed by atoms with Crippen molar-refractivity contribution in [2.24, 2.45) is 0 Å². The van der Waals surface area contributed by atoms with Gasteiger partial charge in [-0.05, 0) is 49.4 Å². The van der Waals surface area contributed by atoms with Crippen LogP contribution in [0.3, 0.4) is 0 Å². The van der Waals surface area contributed by atoms with Crippen LogP contribution in [0.2, 0.25) is 0 Å². The topological polar surface area (TPSA) is 90.2 Å². The number of benzene rings is 1. The van der Waals surface area contributed by atoms with Gasteiger partial charge in [-0.2, -0.15) is 5.10 Å². The van der Waals surface area contributed by atoms with Crippen LogP contribution in [-0.4, -0.2) is 45.5 Å². The summed E-state index contributed by atoms with van der Waals surface area (Å²) < 4.78 is 33.1. The van der Waals surface area contributed by atoms with Gasteiger partial charge in [-0.25, -0.2) is 13.9 Å². The summed E-state index contributed by atoms with van der Waals surface area (Å²) in [7, 11) is 0. The SMILES string of the molecule is CC1(C)OC=C(COc2cc(F)cc([C@H]3CCCN3c3ccn4ncc(C(=O)NC5CC5)c4n3)c2)O1. The number of fused-ring (bicyclic) bond motifs is 1. The molecule has 1 saturated carbocycles. The van der Waals surface area contributed by atoms with Crippen LogP contribution < -0.4 is 15.0 Å². The average Bonchev–Trinajstić information content (AvgIpc) is 3.22. The third-order valence-electron chi connectivity index (χ3n) is 6.57. The molecule has 36 heavy (non-hydrogen) atoms. The Labute approximate surface area is 207 Å². The van der Waals surface area contributed by atoms with Gasteiger partial charge in [-0.15, -0.1) is 0 Å². The molecule has 6 rings (SSSR count). The molecule has 1 saturated heterocycles. The van der Waals surface area contributed by atoms with Crippen LogP contribution in [0.25, 0.3) is 5.65 Å². The van der Waals surface area contributed by atoms with E-state index in [9.17, 15) is 9.18 Å². The molecular formula is C26H28FN5O4. The number of hydrogen-bond acceptors (Lipinski definition) is 7. The second-order valence-corrected chi connectivity index (χ2v) is 9.92. The lowest BCUT2D eigenvalue weighted by molar-refractivity contribution is -0.119. The van der Waals surface area contributed by atoms with Gasteiger partial charge in [0.05, 0.1) is 12.2 Å². The first kappa shape index (κ1) is 22.6. The minimum Gasteiger partial charge on any atom is -0.485 e. The van der Waals surface area contributed by atoms with Crippen LogP contribution in [0, 0.1) is 5.82 Å². The van der Waals surface area contributed by atoms with Gasteiger partial charge in [-0.3, -0.25) is 4.79 Å². The molecule has 1 aliphatic carbocycles. The van der Waals surface area contributed by atoms with Crippen molar-refractivity contribution in [3.8, 4) is 5.75 Å². The summed E-state index contributed by atoms with van der Waals surface area (Å²) in [5.41, 5.74) is 1.77. The van der Waals surface area contributed by atoms with E-state index in [-0.39, 0.29) is 30.4 Å². The van der Waals surface area contributed by atoms with Crippen molar-refractivity contribution >= 4 is 17.4 Å². The molecule has 10 heteroatoms. The van der Waals surface area contributed by atoms with Crippen LogP contribution in [0.15, 0.2) is 48.7 Å². The third-order valence-corrected chi connectivity index (χ3v) is 6.57. The van der Waals surface area contributed by atoms with Gasteiger partial charge in [0.1, 0.15) is 35.8 Å². The zero-order chi connectivity index (χ0) is 24.9. The zero-order valence-corrected chi connectivity index (χ0v) is 20.2. The maximum Gasteiger partial charge on any atom is 0.256 e. The van der Waals surface area contributed by atoms with E-state index in [1.807, 2.05) is 26.0 Å². The van der Waals surface area contributed by atoms with E-state index < -0.39 is 5.79 Å². The molecule has 9 nitrogen and oxygen atoms in total. The van der Waals surface area contributed by atoms with Crippen molar-refractivity contribution in [3.05, 3.63) is 65.6 Å². The van der Waals surface area contributed by atoms with Crippen molar-refractivity contribution in [2.45, 2.75) is 57.4 Å². The van der Waals surface area contributed by atoms with Crippen LogP contribution in [0.1, 0.15) is 61.5 Å². The highest BCUT2D eigenvalue weighted by molar-refractivity contribution is 6.00. The highest BCUT2D eigenvalue weighted by Crippen LogP contribution is 2.37. The largest absolute Gasteiger partial charge is 0.485 e. The lowest BCUT2D eigenvalue weighted by atomic mass is 10.0. The lowest BCUT2D eigenvalue weighted by Gasteiger charge is -2.26. The molecule has 3 aliphatic rings. The number of halogens is 1. The fraction of sp³-hybridized carbons (Fsp3) is 0.423. The number of hydrogen-bond donors (Lipinski definition) is 1. The van der Waals surface area contributed by atoms with E-state index >= 15 is 0 Å². The summed E-state index contributed by atoms with van der Waals surface area (Å²) in [5.74, 6) is 0.444. The van der Waals surface area contributed by atoms with Gasteiger partial charge in [0.2, 0.25) is 5.79 Å². The predicted molar refractivity (Wildman–Crippen MR) is 129 cm³/mol. The van der Waals surface area contributed by atoms with Crippen LogP contribution in [0.5, 0.6) is 5.75 Å². The van der Waals surface area contributed by atoms with E-state index in [2.05, 4.69) is 15.3 Å². The van der Waals surface area contributed by atoms with E-state index in [0.29, 0.717) is 22.7 Å². The van der Waals surface area contributed by atoms with E-state index in [1.165, 1.54) is 12.3 Å². The molecule has 1 N–H and O–H groups in total. The first-order valence-corrected chi connectivity index (χ1v) is 12.3. The molecule has 1 atom stereocenters. The molecule has 1 aromatic carbocycles. The third kappa shape index (κ3) is 4.55. The Morgan fingerprint density at radius 1 is 1.28 bits per heavy atom.